The van der Waals surface area contributed by atoms with Crippen LogP contribution in [-0.4, -0.2) is 40.7 Å². The first-order valence-corrected chi connectivity index (χ1v) is 11.8. The number of aromatic nitrogens is 5. The molecule has 5 rings (SSSR count). The lowest BCUT2D eigenvalue weighted by molar-refractivity contribution is 0.393. The zero-order valence-electron chi connectivity index (χ0n) is 18.0. The Hall–Kier alpha value is -4.19. The Labute approximate surface area is 196 Å². The van der Waals surface area contributed by atoms with E-state index in [4.69, 9.17) is 4.74 Å². The minimum Gasteiger partial charge on any atom is -0.481 e. The predicted molar refractivity (Wildman–Crippen MR) is 121 cm³/mol. The molecule has 0 atom stereocenters. The summed E-state index contributed by atoms with van der Waals surface area (Å²) in [5.41, 5.74) is -1.18. The van der Waals surface area contributed by atoms with Crippen molar-refractivity contribution in [1.29, 1.82) is 0 Å². The van der Waals surface area contributed by atoms with E-state index in [-0.39, 0.29) is 22.0 Å². The van der Waals surface area contributed by atoms with Crippen LogP contribution in [0.1, 0.15) is 5.56 Å². The Morgan fingerprint density at radius 1 is 1.03 bits per heavy atom. The average Bonchev–Trinajstić information content (AvgIpc) is 3.52. The molecule has 3 heterocycles. The number of rotatable bonds is 6. The van der Waals surface area contributed by atoms with Crippen molar-refractivity contribution in [3.05, 3.63) is 77.9 Å². The van der Waals surface area contributed by atoms with E-state index in [1.807, 2.05) is 0 Å². The van der Waals surface area contributed by atoms with Crippen LogP contribution < -0.4 is 4.74 Å². The molecule has 0 radical (unpaired) electrons. The first kappa shape index (κ1) is 22.6. The van der Waals surface area contributed by atoms with Gasteiger partial charge >= 0.3 is 0 Å². The lowest BCUT2D eigenvalue weighted by atomic mass is 9.99. The maximum Gasteiger partial charge on any atom is 0.214 e. The lowest BCUT2D eigenvalue weighted by Gasteiger charge is -2.12. The Balaban J connectivity index is 1.58. The van der Waals surface area contributed by atoms with E-state index in [9.17, 15) is 12.8 Å². The number of nitrogens with zero attached hydrogens (tertiary/aromatic N) is 3. The fraction of sp³-hybridized carbons (Fsp3) is 0.0870. The summed E-state index contributed by atoms with van der Waals surface area (Å²) in [6, 6.07) is 8.69. The van der Waals surface area contributed by atoms with Crippen molar-refractivity contribution in [3.8, 4) is 28.5 Å². The second kappa shape index (κ2) is 8.55. The van der Waals surface area contributed by atoms with Gasteiger partial charge in [0.15, 0.2) is 26.5 Å². The van der Waals surface area contributed by atoms with Crippen molar-refractivity contribution >= 4 is 20.7 Å². The van der Waals surface area contributed by atoms with Crippen molar-refractivity contribution in [2.75, 3.05) is 7.11 Å². The fourth-order valence-corrected chi connectivity index (χ4v) is 5.03. The molecule has 0 bridgehead atoms. The number of sulfone groups is 1. The van der Waals surface area contributed by atoms with Crippen molar-refractivity contribution in [1.82, 2.24) is 25.1 Å². The summed E-state index contributed by atoms with van der Waals surface area (Å²) in [5.74, 6) is -3.56. The van der Waals surface area contributed by atoms with Gasteiger partial charge in [-0.05, 0) is 18.2 Å². The van der Waals surface area contributed by atoms with E-state index in [0.717, 1.165) is 12.1 Å². The second-order valence-corrected chi connectivity index (χ2v) is 9.47. The first-order chi connectivity index (χ1) is 16.8. The van der Waals surface area contributed by atoms with Crippen LogP contribution in [-0.2, 0) is 15.6 Å². The monoisotopic (exact) mass is 499 g/mol. The summed E-state index contributed by atoms with van der Waals surface area (Å²) in [4.78, 5) is 10.8. The number of nitrogens with one attached hydrogen (secondary N) is 2. The SMILES string of the molecule is COc1cccc(S(=O)(=O)Cc2ccc(F)c(-c3ccc4c(-c5ncc[nH]5)[nH]nc4c3F)c2F)n1. The minimum absolute atomic E-state index is 0.0645. The largest absolute Gasteiger partial charge is 0.481 e. The third-order valence-electron chi connectivity index (χ3n) is 5.41. The molecule has 0 spiro atoms. The number of halogens is 3. The Morgan fingerprint density at radius 2 is 1.86 bits per heavy atom. The number of hydrogen-bond donors (Lipinski definition) is 2. The molecule has 8 nitrogen and oxygen atoms in total. The number of hydrogen-bond acceptors (Lipinski definition) is 6. The number of imidazole rings is 1. The van der Waals surface area contributed by atoms with Crippen LogP contribution in [0.25, 0.3) is 33.5 Å². The van der Waals surface area contributed by atoms with Crippen molar-refractivity contribution in [3.63, 3.8) is 0 Å². The smallest absolute Gasteiger partial charge is 0.214 e. The van der Waals surface area contributed by atoms with E-state index in [0.29, 0.717) is 16.9 Å². The highest BCUT2D eigenvalue weighted by Gasteiger charge is 2.26. The molecule has 2 N–H and O–H groups in total. The Morgan fingerprint density at radius 3 is 2.60 bits per heavy atom. The summed E-state index contributed by atoms with van der Waals surface area (Å²) in [6.45, 7) is 0. The van der Waals surface area contributed by atoms with Crippen molar-refractivity contribution in [2.45, 2.75) is 10.8 Å². The summed E-state index contributed by atoms with van der Waals surface area (Å²) in [5, 5.41) is 6.62. The molecule has 2 aromatic carbocycles. The summed E-state index contributed by atoms with van der Waals surface area (Å²) in [6.07, 6.45) is 3.09. The van der Waals surface area contributed by atoms with Gasteiger partial charge in [-0.3, -0.25) is 5.10 Å². The number of H-pyrrole nitrogens is 2. The van der Waals surface area contributed by atoms with Gasteiger partial charge in [0, 0.05) is 35.0 Å². The highest BCUT2D eigenvalue weighted by atomic mass is 32.2. The predicted octanol–water partition coefficient (Wildman–Crippen LogP) is 4.41. The maximum atomic E-state index is 15.5. The van der Waals surface area contributed by atoms with Gasteiger partial charge < -0.3 is 9.72 Å². The maximum absolute atomic E-state index is 15.5. The molecule has 0 aliphatic rings. The molecule has 0 aliphatic carbocycles. The number of aromatic amines is 2. The molecule has 12 heteroatoms. The third kappa shape index (κ3) is 3.91. The van der Waals surface area contributed by atoms with Crippen LogP contribution >= 0.6 is 0 Å². The molecule has 0 fully saturated rings. The average molecular weight is 499 g/mol. The summed E-state index contributed by atoms with van der Waals surface area (Å²) < 4.78 is 76.2. The zero-order chi connectivity index (χ0) is 24.7. The summed E-state index contributed by atoms with van der Waals surface area (Å²) >= 11 is 0. The Bertz CT molecular complexity index is 1670. The Kier molecular flexibility index (Phi) is 5.52. The van der Waals surface area contributed by atoms with Crippen LogP contribution in [0.3, 0.4) is 0 Å². The topological polar surface area (TPSA) is 114 Å². The highest BCUT2D eigenvalue weighted by Crippen LogP contribution is 2.36. The van der Waals surface area contributed by atoms with E-state index in [2.05, 4.69) is 25.1 Å². The molecule has 5 aromatic rings. The normalized spacial score (nSPS) is 11.8. The second-order valence-electron chi connectivity index (χ2n) is 7.53. The van der Waals surface area contributed by atoms with E-state index >= 15 is 8.78 Å². The number of ether oxygens (including phenoxy) is 1. The van der Waals surface area contributed by atoms with Gasteiger partial charge in [-0.2, -0.15) is 5.10 Å². The minimum atomic E-state index is -4.12. The zero-order valence-corrected chi connectivity index (χ0v) is 18.8. The van der Waals surface area contributed by atoms with Crippen LogP contribution in [0, 0.1) is 17.5 Å². The molecule has 178 valence electrons. The first-order valence-electron chi connectivity index (χ1n) is 10.2. The van der Waals surface area contributed by atoms with Gasteiger partial charge in [0.1, 0.15) is 22.8 Å². The number of methoxy groups -OCH3 is 1. The van der Waals surface area contributed by atoms with Crippen LogP contribution in [0.2, 0.25) is 0 Å². The van der Waals surface area contributed by atoms with Crippen molar-refractivity contribution < 1.29 is 26.3 Å². The molecular weight excluding hydrogens is 483 g/mol. The number of fused-ring (bicyclic) bond motifs is 1. The summed E-state index contributed by atoms with van der Waals surface area (Å²) in [7, 11) is -2.80. The van der Waals surface area contributed by atoms with Crippen LogP contribution in [0.15, 0.2) is 59.9 Å². The van der Waals surface area contributed by atoms with Crippen LogP contribution in [0.5, 0.6) is 5.88 Å². The molecule has 0 aliphatic heterocycles. The molecule has 0 unspecified atom stereocenters. The van der Waals surface area contributed by atoms with E-state index in [1.165, 1.54) is 43.6 Å². The van der Waals surface area contributed by atoms with E-state index in [1.54, 1.807) is 6.20 Å². The fourth-order valence-electron chi connectivity index (χ4n) is 3.74. The van der Waals surface area contributed by atoms with Crippen LogP contribution in [0.4, 0.5) is 13.2 Å². The lowest BCUT2D eigenvalue weighted by Crippen LogP contribution is -2.10. The van der Waals surface area contributed by atoms with Gasteiger partial charge in [0.05, 0.1) is 18.4 Å². The van der Waals surface area contributed by atoms with Gasteiger partial charge in [-0.25, -0.2) is 31.6 Å². The number of benzene rings is 2. The molecular formula is C23H16F3N5O3S. The molecule has 0 saturated carbocycles. The van der Waals surface area contributed by atoms with Gasteiger partial charge in [0.2, 0.25) is 5.88 Å². The molecule has 35 heavy (non-hydrogen) atoms. The quantitative estimate of drug-likeness (QED) is 0.358. The standard InChI is InChI=1S/C23H16F3N5O3S/c1-34-16-3-2-4-17(29-16)35(32,33)11-12-5-8-15(24)18(19(12)25)13-6-7-14-21(20(13)26)30-31-22(14)23-27-9-10-28-23/h2-10H,11H2,1H3,(H,27,28)(H,30,31). The molecule has 0 saturated heterocycles. The van der Waals surface area contributed by atoms with Gasteiger partial charge in [-0.15, -0.1) is 0 Å². The highest BCUT2D eigenvalue weighted by molar-refractivity contribution is 7.90. The molecule has 3 aromatic heterocycles. The van der Waals surface area contributed by atoms with Gasteiger partial charge in [0.25, 0.3) is 0 Å². The number of pyridine rings is 1. The van der Waals surface area contributed by atoms with Crippen molar-refractivity contribution in [2.24, 2.45) is 0 Å². The van der Waals surface area contributed by atoms with E-state index < -0.39 is 44.2 Å². The van der Waals surface area contributed by atoms with Gasteiger partial charge in [-0.1, -0.05) is 18.2 Å². The molecule has 0 amide bonds. The third-order valence-corrected chi connectivity index (χ3v) is 6.97.